The fourth-order valence-corrected chi connectivity index (χ4v) is 3.14. The summed E-state index contributed by atoms with van der Waals surface area (Å²) >= 11 is 9.24. The lowest BCUT2D eigenvalue weighted by Gasteiger charge is -2.33. The molecule has 122 valence electrons. The van der Waals surface area contributed by atoms with Gasteiger partial charge in [-0.1, -0.05) is 0 Å². The minimum absolute atomic E-state index is 0.0673. The van der Waals surface area contributed by atoms with Crippen molar-refractivity contribution in [2.45, 2.75) is 25.8 Å². The lowest BCUT2D eigenvalue weighted by molar-refractivity contribution is 0.0926. The number of amides is 1. The first kappa shape index (κ1) is 16.3. The molecule has 0 aliphatic carbocycles. The third-order valence-corrected chi connectivity index (χ3v) is 4.97. The van der Waals surface area contributed by atoms with Crippen molar-refractivity contribution >= 4 is 39.3 Å². The van der Waals surface area contributed by atoms with Crippen LogP contribution in [0.15, 0.2) is 22.8 Å². The second-order valence-electron chi connectivity index (χ2n) is 5.57. The Bertz CT molecular complexity index is 692. The second-order valence-corrected chi connectivity index (χ2v) is 6.77. The van der Waals surface area contributed by atoms with Gasteiger partial charge in [0.2, 0.25) is 5.28 Å². The highest BCUT2D eigenvalue weighted by Crippen LogP contribution is 2.20. The molecule has 2 N–H and O–H groups in total. The average Bonchev–Trinajstić information content (AvgIpc) is 2.88. The van der Waals surface area contributed by atoms with E-state index in [0.29, 0.717) is 5.69 Å². The molecule has 1 aliphatic heterocycles. The molecule has 1 fully saturated rings. The molecule has 23 heavy (non-hydrogen) atoms. The first-order chi connectivity index (χ1) is 11.0. The highest BCUT2D eigenvalue weighted by atomic mass is 79.9. The van der Waals surface area contributed by atoms with Crippen molar-refractivity contribution in [3.63, 3.8) is 0 Å². The number of carbonyl (C=O) groups is 1. The average molecular weight is 399 g/mol. The molecule has 0 spiro atoms. The summed E-state index contributed by atoms with van der Waals surface area (Å²) in [6, 6.07) is 3.82. The molecular weight excluding hydrogens is 382 g/mol. The van der Waals surface area contributed by atoms with Crippen molar-refractivity contribution in [1.82, 2.24) is 20.3 Å². The van der Waals surface area contributed by atoms with E-state index in [9.17, 15) is 4.79 Å². The van der Waals surface area contributed by atoms with E-state index in [1.807, 2.05) is 19.1 Å². The van der Waals surface area contributed by atoms with Gasteiger partial charge in [-0.25, -0.2) is 9.97 Å². The molecule has 3 heterocycles. The van der Waals surface area contributed by atoms with Crippen LogP contribution in [0.3, 0.4) is 0 Å². The third kappa shape index (κ3) is 3.84. The quantitative estimate of drug-likeness (QED) is 0.780. The summed E-state index contributed by atoms with van der Waals surface area (Å²) in [6.07, 6.45) is 3.40. The SMILES string of the molecule is Cc1[nH]c(C(=O)NC2CCN(c3ccnc(Cl)n3)CC2)cc1Br. The Morgan fingerprint density at radius 1 is 1.48 bits per heavy atom. The smallest absolute Gasteiger partial charge is 0.267 e. The number of hydrogen-bond donors (Lipinski definition) is 2. The summed E-state index contributed by atoms with van der Waals surface area (Å²) in [5.74, 6) is 0.765. The van der Waals surface area contributed by atoms with E-state index < -0.39 is 0 Å². The van der Waals surface area contributed by atoms with Crippen LogP contribution >= 0.6 is 27.5 Å². The van der Waals surface area contributed by atoms with E-state index in [4.69, 9.17) is 11.6 Å². The Balaban J connectivity index is 1.56. The molecule has 1 amide bonds. The van der Waals surface area contributed by atoms with Crippen molar-refractivity contribution in [2.75, 3.05) is 18.0 Å². The zero-order valence-corrected chi connectivity index (χ0v) is 15.0. The van der Waals surface area contributed by atoms with Gasteiger partial charge in [0.05, 0.1) is 0 Å². The van der Waals surface area contributed by atoms with E-state index >= 15 is 0 Å². The van der Waals surface area contributed by atoms with Crippen LogP contribution in [0.1, 0.15) is 29.0 Å². The molecule has 0 aromatic carbocycles. The summed E-state index contributed by atoms with van der Waals surface area (Å²) in [7, 11) is 0. The van der Waals surface area contributed by atoms with E-state index in [1.165, 1.54) is 0 Å². The Morgan fingerprint density at radius 3 is 2.83 bits per heavy atom. The van der Waals surface area contributed by atoms with Crippen molar-refractivity contribution in [1.29, 1.82) is 0 Å². The zero-order valence-electron chi connectivity index (χ0n) is 12.6. The van der Waals surface area contributed by atoms with Gasteiger partial charge >= 0.3 is 0 Å². The van der Waals surface area contributed by atoms with Gasteiger partial charge in [0, 0.05) is 35.5 Å². The highest BCUT2D eigenvalue weighted by Gasteiger charge is 2.22. The van der Waals surface area contributed by atoms with Gasteiger partial charge in [-0.3, -0.25) is 4.79 Å². The summed E-state index contributed by atoms with van der Waals surface area (Å²) in [4.78, 5) is 25.6. The van der Waals surface area contributed by atoms with Crippen LogP contribution in [-0.4, -0.2) is 40.0 Å². The number of anilines is 1. The summed E-state index contributed by atoms with van der Waals surface area (Å²) in [6.45, 7) is 3.57. The molecule has 0 saturated carbocycles. The van der Waals surface area contributed by atoms with Crippen molar-refractivity contribution in [2.24, 2.45) is 0 Å². The largest absolute Gasteiger partial charge is 0.356 e. The summed E-state index contributed by atoms with van der Waals surface area (Å²) in [5.41, 5.74) is 1.53. The minimum Gasteiger partial charge on any atom is -0.356 e. The van der Waals surface area contributed by atoms with Crippen molar-refractivity contribution < 1.29 is 4.79 Å². The van der Waals surface area contributed by atoms with Crippen LogP contribution < -0.4 is 10.2 Å². The molecule has 1 saturated heterocycles. The molecule has 2 aromatic rings. The number of hydrogen-bond acceptors (Lipinski definition) is 4. The van der Waals surface area contributed by atoms with Crippen LogP contribution in [0.4, 0.5) is 5.82 Å². The van der Waals surface area contributed by atoms with Gasteiger partial charge in [0.25, 0.3) is 5.91 Å². The van der Waals surface area contributed by atoms with Gasteiger partial charge in [0.15, 0.2) is 0 Å². The Labute approximate surface area is 147 Å². The van der Waals surface area contributed by atoms with E-state index in [-0.39, 0.29) is 17.2 Å². The predicted octanol–water partition coefficient (Wildman–Crippen LogP) is 2.93. The second kappa shape index (κ2) is 6.88. The first-order valence-electron chi connectivity index (χ1n) is 7.42. The standard InChI is InChI=1S/C15H17BrClN5O/c1-9-11(16)8-12(19-9)14(23)20-10-3-6-22(7-4-10)13-2-5-18-15(17)21-13/h2,5,8,10,19H,3-4,6-7H2,1H3,(H,20,23). The maximum absolute atomic E-state index is 12.3. The number of H-pyrrole nitrogens is 1. The van der Waals surface area contributed by atoms with E-state index in [1.54, 1.807) is 6.20 Å². The predicted molar refractivity (Wildman–Crippen MR) is 93.0 cm³/mol. The maximum atomic E-state index is 12.3. The highest BCUT2D eigenvalue weighted by molar-refractivity contribution is 9.10. The maximum Gasteiger partial charge on any atom is 0.267 e. The Kier molecular flexibility index (Phi) is 4.87. The molecule has 2 aromatic heterocycles. The van der Waals surface area contributed by atoms with Crippen LogP contribution in [0.2, 0.25) is 5.28 Å². The molecule has 6 nitrogen and oxygen atoms in total. The molecule has 0 radical (unpaired) electrons. The molecule has 0 unspecified atom stereocenters. The third-order valence-electron chi connectivity index (χ3n) is 3.96. The van der Waals surface area contributed by atoms with Gasteiger partial charge in [0.1, 0.15) is 11.5 Å². The number of aryl methyl sites for hydroxylation is 1. The Hall–Kier alpha value is -1.60. The number of rotatable bonds is 3. The Morgan fingerprint density at radius 2 is 2.22 bits per heavy atom. The lowest BCUT2D eigenvalue weighted by Crippen LogP contribution is -2.45. The fraction of sp³-hybridized carbons (Fsp3) is 0.400. The van der Waals surface area contributed by atoms with Gasteiger partial charge in [-0.05, 0) is 59.4 Å². The van der Waals surface area contributed by atoms with E-state index in [2.05, 4.69) is 41.1 Å². The number of nitrogens with one attached hydrogen (secondary N) is 2. The zero-order chi connectivity index (χ0) is 16.4. The van der Waals surface area contributed by atoms with Crippen LogP contribution in [0, 0.1) is 6.92 Å². The number of nitrogens with zero attached hydrogens (tertiary/aromatic N) is 3. The van der Waals surface area contributed by atoms with Gasteiger partial charge in [-0.2, -0.15) is 0 Å². The molecule has 1 aliphatic rings. The monoisotopic (exact) mass is 397 g/mol. The van der Waals surface area contributed by atoms with Gasteiger partial charge < -0.3 is 15.2 Å². The molecule has 0 bridgehead atoms. The molecular formula is C15H17BrClN5O. The molecule has 8 heteroatoms. The topological polar surface area (TPSA) is 73.9 Å². The normalized spacial score (nSPS) is 15.7. The van der Waals surface area contributed by atoms with E-state index in [0.717, 1.165) is 41.9 Å². The number of carbonyl (C=O) groups excluding carboxylic acids is 1. The fourth-order valence-electron chi connectivity index (χ4n) is 2.67. The number of piperidine rings is 1. The summed E-state index contributed by atoms with van der Waals surface area (Å²) in [5, 5.41) is 3.34. The minimum atomic E-state index is -0.0673. The molecule has 3 rings (SSSR count). The number of aromatic amines is 1. The number of aromatic nitrogens is 3. The molecule has 0 atom stereocenters. The number of halogens is 2. The lowest BCUT2D eigenvalue weighted by atomic mass is 10.0. The van der Waals surface area contributed by atoms with Gasteiger partial charge in [-0.15, -0.1) is 0 Å². The van der Waals surface area contributed by atoms with Crippen LogP contribution in [0.5, 0.6) is 0 Å². The van der Waals surface area contributed by atoms with Crippen molar-refractivity contribution in [3.8, 4) is 0 Å². The van der Waals surface area contributed by atoms with Crippen molar-refractivity contribution in [3.05, 3.63) is 39.5 Å². The summed E-state index contributed by atoms with van der Waals surface area (Å²) < 4.78 is 0.915. The van der Waals surface area contributed by atoms with Crippen LogP contribution in [0.25, 0.3) is 0 Å². The van der Waals surface area contributed by atoms with Crippen LogP contribution in [-0.2, 0) is 0 Å². The first-order valence-corrected chi connectivity index (χ1v) is 8.59.